The lowest BCUT2D eigenvalue weighted by Crippen LogP contribution is -1.86. The summed E-state index contributed by atoms with van der Waals surface area (Å²) in [5.74, 6) is -0.317. The van der Waals surface area contributed by atoms with E-state index in [0.717, 1.165) is 14.8 Å². The molecule has 0 aliphatic heterocycles. The summed E-state index contributed by atoms with van der Waals surface area (Å²) in [6.07, 6.45) is 4.66. The van der Waals surface area contributed by atoms with Gasteiger partial charge in [0.25, 0.3) is 0 Å². The van der Waals surface area contributed by atoms with Crippen molar-refractivity contribution in [2.24, 2.45) is 0 Å². The summed E-state index contributed by atoms with van der Waals surface area (Å²) < 4.78 is 1.79. The molecule has 0 fully saturated rings. The second kappa shape index (κ2) is 6.05. The summed E-state index contributed by atoms with van der Waals surface area (Å²) in [5.41, 5.74) is 0. The molecule has 1 aromatic rings. The summed E-state index contributed by atoms with van der Waals surface area (Å²) >= 11 is 4.55. The molecule has 1 heterocycles. The van der Waals surface area contributed by atoms with Crippen LogP contribution in [0.5, 0.6) is 0 Å². The first-order valence-electron chi connectivity index (χ1n) is 3.62. The van der Waals surface area contributed by atoms with Crippen LogP contribution >= 0.6 is 34.9 Å². The molecule has 1 rings (SSSR count). The van der Waals surface area contributed by atoms with Gasteiger partial charge < -0.3 is 5.11 Å². The van der Waals surface area contributed by atoms with Crippen LogP contribution in [0.4, 0.5) is 0 Å². The zero-order valence-corrected chi connectivity index (χ0v) is 9.79. The van der Waals surface area contributed by atoms with Gasteiger partial charge >= 0.3 is 5.97 Å². The van der Waals surface area contributed by atoms with E-state index in [0.29, 0.717) is 5.75 Å². The Morgan fingerprint density at radius 2 is 2.29 bits per heavy atom. The zero-order chi connectivity index (χ0) is 10.4. The van der Waals surface area contributed by atoms with Crippen molar-refractivity contribution in [2.75, 3.05) is 12.0 Å². The topological polar surface area (TPSA) is 63.1 Å². The molecular formula is C7H8N2O2S3. The standard InChI is InChI=1S/C7H8N2O2S3/c1-12-6-8-9-7(14-6)13-4-2-3-5(10)11/h2-3H,4H2,1H3,(H,10,11)/b3-2+. The van der Waals surface area contributed by atoms with E-state index in [1.165, 1.54) is 23.1 Å². The quantitative estimate of drug-likeness (QED) is 0.635. The van der Waals surface area contributed by atoms with Crippen LogP contribution in [0.1, 0.15) is 0 Å². The number of aromatic nitrogens is 2. The molecule has 1 N–H and O–H groups in total. The highest BCUT2D eigenvalue weighted by molar-refractivity contribution is 8.03. The van der Waals surface area contributed by atoms with Gasteiger partial charge in [0.1, 0.15) is 0 Å². The molecular weight excluding hydrogens is 240 g/mol. The van der Waals surface area contributed by atoms with Gasteiger partial charge in [-0.05, 0) is 6.26 Å². The van der Waals surface area contributed by atoms with Crippen molar-refractivity contribution in [1.29, 1.82) is 0 Å². The number of hydrogen-bond donors (Lipinski definition) is 1. The smallest absolute Gasteiger partial charge is 0.328 e. The average Bonchev–Trinajstić information content (AvgIpc) is 2.60. The van der Waals surface area contributed by atoms with E-state index >= 15 is 0 Å². The van der Waals surface area contributed by atoms with Gasteiger partial charge in [0.15, 0.2) is 8.68 Å². The molecule has 0 unspecified atom stereocenters. The van der Waals surface area contributed by atoms with Crippen LogP contribution < -0.4 is 0 Å². The van der Waals surface area contributed by atoms with Crippen molar-refractivity contribution in [3.63, 3.8) is 0 Å². The van der Waals surface area contributed by atoms with Crippen molar-refractivity contribution < 1.29 is 9.90 Å². The maximum Gasteiger partial charge on any atom is 0.328 e. The van der Waals surface area contributed by atoms with Crippen molar-refractivity contribution in [3.05, 3.63) is 12.2 Å². The average molecular weight is 248 g/mol. The molecule has 0 bridgehead atoms. The number of aliphatic carboxylic acids is 1. The van der Waals surface area contributed by atoms with Crippen LogP contribution in [0.3, 0.4) is 0 Å². The number of hydrogen-bond acceptors (Lipinski definition) is 6. The first-order chi connectivity index (χ1) is 6.72. The van der Waals surface area contributed by atoms with E-state index in [9.17, 15) is 4.79 Å². The molecule has 14 heavy (non-hydrogen) atoms. The molecule has 0 aromatic carbocycles. The molecule has 0 saturated heterocycles. The summed E-state index contributed by atoms with van der Waals surface area (Å²) in [7, 11) is 0. The number of carboxylic acid groups (broad SMARTS) is 1. The lowest BCUT2D eigenvalue weighted by molar-refractivity contribution is -0.131. The molecule has 0 amide bonds. The molecule has 76 valence electrons. The van der Waals surface area contributed by atoms with Crippen LogP contribution in [0.25, 0.3) is 0 Å². The van der Waals surface area contributed by atoms with Gasteiger partial charge in [-0.2, -0.15) is 0 Å². The van der Waals surface area contributed by atoms with Crippen molar-refractivity contribution in [2.45, 2.75) is 8.68 Å². The third-order valence-corrected chi connectivity index (χ3v) is 4.11. The number of carboxylic acids is 1. The minimum Gasteiger partial charge on any atom is -0.478 e. The largest absolute Gasteiger partial charge is 0.478 e. The molecule has 0 radical (unpaired) electrons. The fourth-order valence-electron chi connectivity index (χ4n) is 0.606. The third-order valence-electron chi connectivity index (χ3n) is 1.13. The van der Waals surface area contributed by atoms with Crippen molar-refractivity contribution >= 4 is 40.8 Å². The Bertz CT molecular complexity index is 337. The Kier molecular flexibility index (Phi) is 4.99. The molecule has 0 saturated carbocycles. The summed E-state index contributed by atoms with van der Waals surface area (Å²) in [5, 5.41) is 16.2. The van der Waals surface area contributed by atoms with E-state index in [-0.39, 0.29) is 0 Å². The molecule has 0 aliphatic rings. The fourth-order valence-corrected chi connectivity index (χ4v) is 2.88. The van der Waals surface area contributed by atoms with Gasteiger partial charge in [-0.1, -0.05) is 40.9 Å². The summed E-state index contributed by atoms with van der Waals surface area (Å²) in [4.78, 5) is 10.1. The summed E-state index contributed by atoms with van der Waals surface area (Å²) in [6, 6.07) is 0. The van der Waals surface area contributed by atoms with Crippen LogP contribution in [-0.4, -0.2) is 33.3 Å². The predicted molar refractivity (Wildman–Crippen MR) is 59.2 cm³/mol. The number of rotatable bonds is 5. The second-order valence-electron chi connectivity index (χ2n) is 2.09. The van der Waals surface area contributed by atoms with Gasteiger partial charge in [-0.3, -0.25) is 0 Å². The number of thioether (sulfide) groups is 2. The molecule has 0 atom stereocenters. The zero-order valence-electron chi connectivity index (χ0n) is 7.34. The van der Waals surface area contributed by atoms with Gasteiger partial charge in [-0.25, -0.2) is 4.79 Å². The van der Waals surface area contributed by atoms with Crippen molar-refractivity contribution in [1.82, 2.24) is 10.2 Å². The Labute approximate surface area is 93.8 Å². The Morgan fingerprint density at radius 3 is 2.86 bits per heavy atom. The Morgan fingerprint density at radius 1 is 1.57 bits per heavy atom. The second-order valence-corrected chi connectivity index (χ2v) is 5.39. The normalized spacial score (nSPS) is 10.9. The van der Waals surface area contributed by atoms with Crippen LogP contribution in [0, 0.1) is 0 Å². The molecule has 1 aromatic heterocycles. The maximum absolute atomic E-state index is 10.1. The van der Waals surface area contributed by atoms with E-state index in [1.807, 2.05) is 6.26 Å². The monoisotopic (exact) mass is 248 g/mol. The SMILES string of the molecule is CSc1nnc(SC/C=C/C(=O)O)s1. The molecule has 4 nitrogen and oxygen atoms in total. The molecule has 0 aliphatic carbocycles. The minimum atomic E-state index is -0.923. The highest BCUT2D eigenvalue weighted by atomic mass is 32.2. The third kappa shape index (κ3) is 4.12. The van der Waals surface area contributed by atoms with Crippen LogP contribution in [-0.2, 0) is 4.79 Å². The highest BCUT2D eigenvalue weighted by Gasteiger charge is 2.01. The summed E-state index contributed by atoms with van der Waals surface area (Å²) in [6.45, 7) is 0. The van der Waals surface area contributed by atoms with E-state index < -0.39 is 5.97 Å². The minimum absolute atomic E-state index is 0.606. The van der Waals surface area contributed by atoms with E-state index in [4.69, 9.17) is 5.11 Å². The maximum atomic E-state index is 10.1. The molecule has 7 heteroatoms. The van der Waals surface area contributed by atoms with Gasteiger partial charge in [-0.15, -0.1) is 10.2 Å². The lowest BCUT2D eigenvalue weighted by Gasteiger charge is -1.87. The van der Waals surface area contributed by atoms with E-state index in [2.05, 4.69) is 10.2 Å². The van der Waals surface area contributed by atoms with E-state index in [1.54, 1.807) is 17.8 Å². The highest BCUT2D eigenvalue weighted by Crippen LogP contribution is 2.27. The number of nitrogens with zero attached hydrogens (tertiary/aromatic N) is 2. The van der Waals surface area contributed by atoms with Crippen LogP contribution in [0.15, 0.2) is 20.8 Å². The predicted octanol–water partition coefficient (Wildman–Crippen LogP) is 1.99. The van der Waals surface area contributed by atoms with Gasteiger partial charge in [0, 0.05) is 11.8 Å². The fraction of sp³-hybridized carbons (Fsp3) is 0.286. The van der Waals surface area contributed by atoms with Gasteiger partial charge in [0.2, 0.25) is 0 Å². The van der Waals surface area contributed by atoms with Gasteiger partial charge in [0.05, 0.1) is 0 Å². The van der Waals surface area contributed by atoms with Crippen LogP contribution in [0.2, 0.25) is 0 Å². The lowest BCUT2D eigenvalue weighted by atomic mass is 10.5. The molecule has 0 spiro atoms. The number of carbonyl (C=O) groups is 1. The Hall–Kier alpha value is -0.530. The Balaban J connectivity index is 2.34. The first kappa shape index (κ1) is 11.5. The van der Waals surface area contributed by atoms with Crippen molar-refractivity contribution in [3.8, 4) is 0 Å². The first-order valence-corrected chi connectivity index (χ1v) is 6.65.